The van der Waals surface area contributed by atoms with Gasteiger partial charge < -0.3 is 9.74 Å². The predicted molar refractivity (Wildman–Crippen MR) is 66.5 cm³/mol. The molecular formula is C13H17FN2O2. The first-order valence-electron chi connectivity index (χ1n) is 6.16. The molecule has 0 bridgehead atoms. The highest BCUT2D eigenvalue weighted by atomic mass is 19.1. The third-order valence-corrected chi connectivity index (χ3v) is 3.12. The molecule has 1 aliphatic heterocycles. The van der Waals surface area contributed by atoms with Crippen LogP contribution in [0.1, 0.15) is 26.2 Å². The molecule has 1 N–H and O–H groups in total. The van der Waals surface area contributed by atoms with Crippen LogP contribution in [0.5, 0.6) is 0 Å². The van der Waals surface area contributed by atoms with Crippen molar-refractivity contribution in [3.63, 3.8) is 0 Å². The molecule has 4 nitrogen and oxygen atoms in total. The molecule has 1 aliphatic rings. The van der Waals surface area contributed by atoms with E-state index in [2.05, 4.69) is 5.48 Å². The van der Waals surface area contributed by atoms with Crippen LogP contribution in [0.2, 0.25) is 0 Å². The number of nitrogens with zero attached hydrogens (tertiary/aromatic N) is 1. The van der Waals surface area contributed by atoms with Gasteiger partial charge in [-0.2, -0.15) is 0 Å². The number of halogens is 1. The molecule has 1 atom stereocenters. The summed E-state index contributed by atoms with van der Waals surface area (Å²) < 4.78 is 12.9. The topological polar surface area (TPSA) is 41.6 Å². The maximum absolute atomic E-state index is 12.9. The number of hydrogen-bond acceptors (Lipinski definition) is 3. The van der Waals surface area contributed by atoms with Gasteiger partial charge in [0, 0.05) is 18.7 Å². The van der Waals surface area contributed by atoms with Gasteiger partial charge in [0.25, 0.3) is 0 Å². The minimum atomic E-state index is -0.411. The summed E-state index contributed by atoms with van der Waals surface area (Å²) in [5.41, 5.74) is 2.90. The number of carbonyl (C=O) groups excluding carboxylic acids is 1. The van der Waals surface area contributed by atoms with Gasteiger partial charge >= 0.3 is 6.09 Å². The van der Waals surface area contributed by atoms with Crippen molar-refractivity contribution in [2.24, 2.45) is 0 Å². The molecule has 1 aromatic rings. The quantitative estimate of drug-likeness (QED) is 0.822. The lowest BCUT2D eigenvalue weighted by Crippen LogP contribution is -2.43. The van der Waals surface area contributed by atoms with Crippen molar-refractivity contribution in [1.82, 2.24) is 4.90 Å². The third kappa shape index (κ3) is 3.12. The van der Waals surface area contributed by atoms with Crippen molar-refractivity contribution < 1.29 is 14.0 Å². The first-order valence-corrected chi connectivity index (χ1v) is 6.16. The number of benzene rings is 1. The molecule has 2 rings (SSSR count). The molecule has 1 heterocycles. The molecule has 1 fully saturated rings. The molecule has 1 amide bonds. The fourth-order valence-electron chi connectivity index (χ4n) is 2.08. The van der Waals surface area contributed by atoms with Gasteiger partial charge in [0.1, 0.15) is 5.82 Å². The highest BCUT2D eigenvalue weighted by Crippen LogP contribution is 2.17. The summed E-state index contributed by atoms with van der Waals surface area (Å²) in [7, 11) is 0. The summed E-state index contributed by atoms with van der Waals surface area (Å²) in [6.45, 7) is 2.72. The van der Waals surface area contributed by atoms with Gasteiger partial charge in [-0.15, -0.1) is 0 Å². The van der Waals surface area contributed by atoms with E-state index in [9.17, 15) is 9.18 Å². The largest absolute Gasteiger partial charge is 0.434 e. The molecule has 0 aliphatic carbocycles. The Bertz CT molecular complexity index is 425. The standard InChI is InChI=1S/C13H17FN2O2/c1-10-5-2-3-8-16(10)13(17)18-15-12-7-4-6-11(14)9-12/h4,6-7,9-10,15H,2-3,5,8H2,1H3. The zero-order valence-electron chi connectivity index (χ0n) is 10.4. The molecule has 0 spiro atoms. The Morgan fingerprint density at radius 1 is 1.50 bits per heavy atom. The molecule has 1 saturated heterocycles. The molecule has 0 saturated carbocycles. The molecule has 5 heteroatoms. The molecular weight excluding hydrogens is 235 g/mol. The van der Waals surface area contributed by atoms with Gasteiger partial charge in [-0.3, -0.25) is 0 Å². The predicted octanol–water partition coefficient (Wildman–Crippen LogP) is 3.16. The van der Waals surface area contributed by atoms with Crippen LogP contribution >= 0.6 is 0 Å². The lowest BCUT2D eigenvalue weighted by Gasteiger charge is -2.32. The van der Waals surface area contributed by atoms with Gasteiger partial charge in [0.05, 0.1) is 5.69 Å². The monoisotopic (exact) mass is 252 g/mol. The average molecular weight is 252 g/mol. The highest BCUT2D eigenvalue weighted by molar-refractivity contribution is 5.69. The summed E-state index contributed by atoms with van der Waals surface area (Å²) in [5, 5.41) is 0. The summed E-state index contributed by atoms with van der Waals surface area (Å²) in [6, 6.07) is 5.98. The Hall–Kier alpha value is -1.78. The number of hydrogen-bond donors (Lipinski definition) is 1. The third-order valence-electron chi connectivity index (χ3n) is 3.12. The van der Waals surface area contributed by atoms with E-state index >= 15 is 0 Å². The normalized spacial score (nSPS) is 19.4. The Morgan fingerprint density at radius 2 is 2.33 bits per heavy atom. The van der Waals surface area contributed by atoms with E-state index in [1.54, 1.807) is 17.0 Å². The number of piperidine rings is 1. The average Bonchev–Trinajstić information content (AvgIpc) is 2.37. The molecule has 18 heavy (non-hydrogen) atoms. The SMILES string of the molecule is CC1CCCCN1C(=O)ONc1cccc(F)c1. The molecule has 0 radical (unpaired) electrons. The second kappa shape index (κ2) is 5.71. The van der Waals surface area contributed by atoms with Crippen molar-refractivity contribution in [2.45, 2.75) is 32.2 Å². The minimum Gasteiger partial charge on any atom is -0.324 e. The van der Waals surface area contributed by atoms with Crippen LogP contribution in [0.25, 0.3) is 0 Å². The van der Waals surface area contributed by atoms with E-state index in [0.717, 1.165) is 19.3 Å². The highest BCUT2D eigenvalue weighted by Gasteiger charge is 2.24. The van der Waals surface area contributed by atoms with Crippen molar-refractivity contribution in [2.75, 3.05) is 12.0 Å². The number of anilines is 1. The second-order valence-corrected chi connectivity index (χ2v) is 4.52. The van der Waals surface area contributed by atoms with Crippen molar-refractivity contribution >= 4 is 11.8 Å². The molecule has 0 aromatic heterocycles. The lowest BCUT2D eigenvalue weighted by atomic mass is 10.0. The van der Waals surface area contributed by atoms with Gasteiger partial charge in [-0.25, -0.2) is 14.7 Å². The van der Waals surface area contributed by atoms with E-state index in [-0.39, 0.29) is 11.9 Å². The maximum Gasteiger partial charge on any atom is 0.434 e. The Kier molecular flexibility index (Phi) is 4.02. The van der Waals surface area contributed by atoms with Crippen LogP contribution in [0.3, 0.4) is 0 Å². The first kappa shape index (κ1) is 12.7. The summed E-state index contributed by atoms with van der Waals surface area (Å²) >= 11 is 0. The van der Waals surface area contributed by atoms with Crippen LogP contribution in [-0.4, -0.2) is 23.6 Å². The fourth-order valence-corrected chi connectivity index (χ4v) is 2.08. The van der Waals surface area contributed by atoms with Crippen LogP contribution in [-0.2, 0) is 4.84 Å². The van der Waals surface area contributed by atoms with Gasteiger partial charge in [-0.1, -0.05) is 6.07 Å². The lowest BCUT2D eigenvalue weighted by molar-refractivity contribution is 0.0936. The van der Waals surface area contributed by atoms with Crippen LogP contribution in [0, 0.1) is 5.82 Å². The molecule has 1 aromatic carbocycles. The van der Waals surface area contributed by atoms with Gasteiger partial charge in [0.15, 0.2) is 0 Å². The Labute approximate surface area is 106 Å². The number of nitrogens with one attached hydrogen (secondary N) is 1. The van der Waals surface area contributed by atoms with E-state index in [4.69, 9.17) is 4.84 Å². The summed E-state index contributed by atoms with van der Waals surface area (Å²) in [5.74, 6) is -0.373. The van der Waals surface area contributed by atoms with Crippen molar-refractivity contribution in [3.8, 4) is 0 Å². The molecule has 98 valence electrons. The van der Waals surface area contributed by atoms with E-state index in [1.165, 1.54) is 12.1 Å². The first-order chi connectivity index (χ1) is 8.66. The second-order valence-electron chi connectivity index (χ2n) is 4.52. The van der Waals surface area contributed by atoms with Crippen LogP contribution in [0.4, 0.5) is 14.9 Å². The van der Waals surface area contributed by atoms with Gasteiger partial charge in [-0.05, 0) is 38.3 Å². The summed E-state index contributed by atoms with van der Waals surface area (Å²) in [6.07, 6.45) is 2.72. The zero-order valence-corrected chi connectivity index (χ0v) is 10.4. The number of likely N-dealkylation sites (tertiary alicyclic amines) is 1. The fraction of sp³-hybridized carbons (Fsp3) is 0.462. The smallest absolute Gasteiger partial charge is 0.324 e. The minimum absolute atomic E-state index is 0.195. The summed E-state index contributed by atoms with van der Waals surface area (Å²) in [4.78, 5) is 18.5. The van der Waals surface area contributed by atoms with E-state index < -0.39 is 6.09 Å². The Balaban J connectivity index is 1.88. The van der Waals surface area contributed by atoms with Crippen molar-refractivity contribution in [3.05, 3.63) is 30.1 Å². The zero-order chi connectivity index (χ0) is 13.0. The van der Waals surface area contributed by atoms with Crippen LogP contribution in [0.15, 0.2) is 24.3 Å². The number of carbonyl (C=O) groups is 1. The van der Waals surface area contributed by atoms with E-state index in [1.807, 2.05) is 6.92 Å². The molecule has 1 unspecified atom stereocenters. The Morgan fingerprint density at radius 3 is 3.06 bits per heavy atom. The number of amides is 1. The van der Waals surface area contributed by atoms with Crippen molar-refractivity contribution in [1.29, 1.82) is 0 Å². The number of rotatable bonds is 2. The van der Waals surface area contributed by atoms with Crippen LogP contribution < -0.4 is 5.48 Å². The maximum atomic E-state index is 12.9. The van der Waals surface area contributed by atoms with E-state index in [0.29, 0.717) is 12.2 Å². The van der Waals surface area contributed by atoms with Gasteiger partial charge in [0.2, 0.25) is 0 Å².